The van der Waals surface area contributed by atoms with Gasteiger partial charge >= 0.3 is 5.97 Å². The fourth-order valence-corrected chi connectivity index (χ4v) is 3.75. The van der Waals surface area contributed by atoms with E-state index in [1.807, 2.05) is 49.5 Å². The summed E-state index contributed by atoms with van der Waals surface area (Å²) in [6.07, 6.45) is 3.57. The van der Waals surface area contributed by atoms with Crippen molar-refractivity contribution in [3.05, 3.63) is 89.2 Å². The Morgan fingerprint density at radius 3 is 2.18 bits per heavy atom. The standard InChI is InChI=1S/C24H18ClNO2.C4H10O/c1-15-11-19-12-17(18-3-2-10-26-14-18)6-9-21(19)24(22(15)13-23(27)28)16-4-7-20(25)8-5-16;1-4(2,3)5/h2-12,14H,13H2,1H3,(H,27,28);5H,1-3H3. The van der Waals surface area contributed by atoms with Gasteiger partial charge in [0.25, 0.3) is 0 Å². The van der Waals surface area contributed by atoms with E-state index in [2.05, 4.69) is 29.2 Å². The van der Waals surface area contributed by atoms with E-state index in [9.17, 15) is 9.90 Å². The highest BCUT2D eigenvalue weighted by molar-refractivity contribution is 6.30. The zero-order chi connectivity index (χ0) is 24.2. The molecule has 4 rings (SSSR count). The van der Waals surface area contributed by atoms with Gasteiger partial charge in [0.05, 0.1) is 12.0 Å². The third-order valence-electron chi connectivity index (χ3n) is 4.93. The third-order valence-corrected chi connectivity index (χ3v) is 5.18. The summed E-state index contributed by atoms with van der Waals surface area (Å²) in [6, 6.07) is 19.8. The van der Waals surface area contributed by atoms with E-state index in [4.69, 9.17) is 16.7 Å². The van der Waals surface area contributed by atoms with Crippen molar-refractivity contribution in [3.8, 4) is 22.3 Å². The molecule has 0 atom stereocenters. The number of aliphatic hydroxyl groups is 1. The van der Waals surface area contributed by atoms with Crippen LogP contribution in [0.4, 0.5) is 0 Å². The Bertz CT molecular complexity index is 1250. The van der Waals surface area contributed by atoms with E-state index >= 15 is 0 Å². The van der Waals surface area contributed by atoms with E-state index in [1.54, 1.807) is 27.0 Å². The van der Waals surface area contributed by atoms with Crippen LogP contribution in [0.15, 0.2) is 73.1 Å². The van der Waals surface area contributed by atoms with Gasteiger partial charge in [0, 0.05) is 23.0 Å². The average molecular weight is 462 g/mol. The SMILES string of the molecule is CC(C)(C)O.Cc1cc2cc(-c3cccnc3)ccc2c(-c2ccc(Cl)cc2)c1CC(=O)O. The van der Waals surface area contributed by atoms with Crippen LogP contribution >= 0.6 is 11.6 Å². The number of carboxylic acid groups (broad SMARTS) is 1. The maximum atomic E-state index is 11.5. The molecule has 4 nitrogen and oxygen atoms in total. The summed E-state index contributed by atoms with van der Waals surface area (Å²) in [5.41, 5.74) is 5.33. The number of hydrogen-bond acceptors (Lipinski definition) is 3. The zero-order valence-electron chi connectivity index (χ0n) is 19.3. The van der Waals surface area contributed by atoms with Gasteiger partial charge in [0.2, 0.25) is 0 Å². The van der Waals surface area contributed by atoms with Gasteiger partial charge in [0.15, 0.2) is 0 Å². The summed E-state index contributed by atoms with van der Waals surface area (Å²) in [6.45, 7) is 7.20. The molecule has 0 bridgehead atoms. The first kappa shape index (κ1) is 24.4. The monoisotopic (exact) mass is 461 g/mol. The second kappa shape index (κ2) is 10.2. The lowest BCUT2D eigenvalue weighted by Gasteiger charge is -2.17. The smallest absolute Gasteiger partial charge is 0.307 e. The minimum atomic E-state index is -0.843. The molecule has 3 aromatic carbocycles. The first-order valence-corrected chi connectivity index (χ1v) is 11.1. The molecule has 5 heteroatoms. The van der Waals surface area contributed by atoms with Crippen molar-refractivity contribution < 1.29 is 15.0 Å². The van der Waals surface area contributed by atoms with Gasteiger partial charge in [-0.1, -0.05) is 48.0 Å². The van der Waals surface area contributed by atoms with Gasteiger partial charge in [0.1, 0.15) is 0 Å². The molecule has 0 aliphatic carbocycles. The molecule has 0 spiro atoms. The molecule has 33 heavy (non-hydrogen) atoms. The van der Waals surface area contributed by atoms with Gasteiger partial charge in [-0.25, -0.2) is 0 Å². The van der Waals surface area contributed by atoms with Crippen molar-refractivity contribution in [2.24, 2.45) is 0 Å². The second-order valence-corrected chi connectivity index (χ2v) is 9.41. The Kier molecular flexibility index (Phi) is 7.52. The van der Waals surface area contributed by atoms with Gasteiger partial charge < -0.3 is 10.2 Å². The van der Waals surface area contributed by atoms with Crippen LogP contribution in [0.1, 0.15) is 31.9 Å². The number of carbonyl (C=O) groups is 1. The third kappa shape index (κ3) is 6.64. The summed E-state index contributed by atoms with van der Waals surface area (Å²) in [5.74, 6) is -0.843. The molecule has 0 saturated carbocycles. The number of aromatic nitrogens is 1. The number of fused-ring (bicyclic) bond motifs is 1. The largest absolute Gasteiger partial charge is 0.481 e. The lowest BCUT2D eigenvalue weighted by atomic mass is 9.87. The summed E-state index contributed by atoms with van der Waals surface area (Å²) < 4.78 is 0. The van der Waals surface area contributed by atoms with Crippen molar-refractivity contribution in [2.45, 2.75) is 39.7 Å². The van der Waals surface area contributed by atoms with Crippen LogP contribution in [0.2, 0.25) is 5.02 Å². The summed E-state index contributed by atoms with van der Waals surface area (Å²) in [7, 11) is 0. The van der Waals surface area contributed by atoms with Crippen molar-refractivity contribution in [3.63, 3.8) is 0 Å². The van der Waals surface area contributed by atoms with Gasteiger partial charge in [-0.2, -0.15) is 0 Å². The van der Waals surface area contributed by atoms with E-state index in [0.717, 1.165) is 44.2 Å². The fourth-order valence-electron chi connectivity index (χ4n) is 3.63. The lowest BCUT2D eigenvalue weighted by molar-refractivity contribution is -0.136. The summed E-state index contributed by atoms with van der Waals surface area (Å²) in [5, 5.41) is 20.7. The normalized spacial score (nSPS) is 11.1. The number of aliphatic carboxylic acids is 1. The molecule has 0 fully saturated rings. The Balaban J connectivity index is 0.000000555. The van der Waals surface area contributed by atoms with Crippen LogP contribution in [0, 0.1) is 6.92 Å². The molecular weight excluding hydrogens is 434 g/mol. The summed E-state index contributed by atoms with van der Waals surface area (Å²) in [4.78, 5) is 15.7. The molecule has 2 N–H and O–H groups in total. The van der Waals surface area contributed by atoms with Crippen molar-refractivity contribution in [1.82, 2.24) is 4.98 Å². The fraction of sp³-hybridized carbons (Fsp3) is 0.214. The molecule has 1 aromatic heterocycles. The number of halogens is 1. The van der Waals surface area contributed by atoms with Gasteiger partial charge in [-0.15, -0.1) is 0 Å². The first-order chi connectivity index (χ1) is 15.5. The van der Waals surface area contributed by atoms with E-state index in [0.29, 0.717) is 5.02 Å². The van der Waals surface area contributed by atoms with Crippen LogP contribution in [-0.2, 0) is 11.2 Å². The Labute approximate surface area is 199 Å². The quantitative estimate of drug-likeness (QED) is 0.345. The molecule has 1 heterocycles. The molecule has 0 aliphatic rings. The Morgan fingerprint density at radius 1 is 0.970 bits per heavy atom. The molecule has 0 saturated heterocycles. The Morgan fingerprint density at radius 2 is 1.61 bits per heavy atom. The molecule has 0 amide bonds. The van der Waals surface area contributed by atoms with Gasteiger partial charge in [-0.3, -0.25) is 9.78 Å². The molecular formula is C28H28ClNO3. The maximum absolute atomic E-state index is 11.5. The van der Waals surface area contributed by atoms with Crippen LogP contribution < -0.4 is 0 Å². The maximum Gasteiger partial charge on any atom is 0.307 e. The van der Waals surface area contributed by atoms with Crippen LogP contribution in [0.5, 0.6) is 0 Å². The van der Waals surface area contributed by atoms with E-state index in [1.165, 1.54) is 0 Å². The molecule has 170 valence electrons. The molecule has 0 radical (unpaired) electrons. The number of rotatable bonds is 4. The lowest BCUT2D eigenvalue weighted by Crippen LogP contribution is -2.10. The highest BCUT2D eigenvalue weighted by Crippen LogP contribution is 2.37. The molecule has 0 unspecified atom stereocenters. The first-order valence-electron chi connectivity index (χ1n) is 10.7. The molecule has 4 aromatic rings. The van der Waals surface area contributed by atoms with Crippen LogP contribution in [-0.4, -0.2) is 26.8 Å². The second-order valence-electron chi connectivity index (χ2n) is 8.97. The number of carboxylic acids is 1. The predicted octanol–water partition coefficient (Wildman–Crippen LogP) is 6.93. The minimum absolute atomic E-state index is 0.0237. The number of hydrogen-bond donors (Lipinski definition) is 2. The predicted molar refractivity (Wildman–Crippen MR) is 136 cm³/mol. The number of pyridine rings is 1. The van der Waals surface area contributed by atoms with Crippen molar-refractivity contribution >= 4 is 28.3 Å². The van der Waals surface area contributed by atoms with E-state index in [-0.39, 0.29) is 6.42 Å². The van der Waals surface area contributed by atoms with Crippen LogP contribution in [0.3, 0.4) is 0 Å². The highest BCUT2D eigenvalue weighted by Gasteiger charge is 2.16. The highest BCUT2D eigenvalue weighted by atomic mass is 35.5. The van der Waals surface area contributed by atoms with Gasteiger partial charge in [-0.05, 0) is 90.6 Å². The minimum Gasteiger partial charge on any atom is -0.481 e. The number of nitrogens with zero attached hydrogens (tertiary/aromatic N) is 1. The van der Waals surface area contributed by atoms with Crippen molar-refractivity contribution in [1.29, 1.82) is 0 Å². The Hall–Kier alpha value is -3.21. The average Bonchev–Trinajstić information content (AvgIpc) is 2.74. The van der Waals surface area contributed by atoms with Crippen molar-refractivity contribution in [2.75, 3.05) is 0 Å². The summed E-state index contributed by atoms with van der Waals surface area (Å²) >= 11 is 6.06. The van der Waals surface area contributed by atoms with E-state index < -0.39 is 11.6 Å². The van der Waals surface area contributed by atoms with Crippen LogP contribution in [0.25, 0.3) is 33.0 Å². The number of aryl methyl sites for hydroxylation is 1. The molecule has 0 aliphatic heterocycles. The zero-order valence-corrected chi connectivity index (χ0v) is 20.0. The number of benzene rings is 3. The topological polar surface area (TPSA) is 70.4 Å².